The number of ether oxygens (including phenoxy) is 2. The highest BCUT2D eigenvalue weighted by molar-refractivity contribution is 7.15. The van der Waals surface area contributed by atoms with Crippen molar-refractivity contribution in [3.8, 4) is 22.8 Å². The van der Waals surface area contributed by atoms with E-state index < -0.39 is 0 Å². The van der Waals surface area contributed by atoms with Gasteiger partial charge in [-0.25, -0.2) is 0 Å². The Morgan fingerprint density at radius 2 is 1.97 bits per heavy atom. The van der Waals surface area contributed by atoms with Crippen molar-refractivity contribution >= 4 is 57.7 Å². The fourth-order valence-corrected chi connectivity index (χ4v) is 4.81. The number of thiazole rings is 1. The zero-order chi connectivity index (χ0) is 25.9. The number of nitrogens with zero attached hydrogens (tertiary/aromatic N) is 3. The van der Waals surface area contributed by atoms with Gasteiger partial charge in [-0.15, -0.1) is 5.10 Å². The number of rotatable bonds is 8. The largest absolute Gasteiger partial charge is 0.493 e. The van der Waals surface area contributed by atoms with E-state index in [-0.39, 0.29) is 5.56 Å². The molecule has 5 rings (SSSR count). The van der Waals surface area contributed by atoms with Gasteiger partial charge in [0.05, 0.1) is 12.1 Å². The molecule has 0 aliphatic heterocycles. The Labute approximate surface area is 225 Å². The third kappa shape index (κ3) is 5.32. The molecule has 0 atom stereocenters. The van der Waals surface area contributed by atoms with Crippen molar-refractivity contribution in [2.45, 2.75) is 0 Å². The van der Waals surface area contributed by atoms with Crippen LogP contribution in [0.4, 0.5) is 0 Å². The van der Waals surface area contributed by atoms with Crippen LogP contribution in [0.15, 0.2) is 70.4 Å². The SMILES string of the molecule is C=CCOc1ccc(/C=C/c2nc3s/c(=C\c4ccc(-c5cc(Cl)ccc5Cl)o4)c(=O)n3n2)cc1OC. The van der Waals surface area contributed by atoms with Crippen LogP contribution in [0.2, 0.25) is 10.0 Å². The summed E-state index contributed by atoms with van der Waals surface area (Å²) in [6.45, 7) is 4.03. The maximum Gasteiger partial charge on any atom is 0.291 e. The molecule has 0 bridgehead atoms. The summed E-state index contributed by atoms with van der Waals surface area (Å²) in [4.78, 5) is 17.8. The molecule has 10 heteroatoms. The Hall–Kier alpha value is -3.85. The molecular formula is C27H19Cl2N3O4S. The van der Waals surface area contributed by atoms with Crippen LogP contribution in [0, 0.1) is 0 Å². The first-order chi connectivity index (χ1) is 17.9. The van der Waals surface area contributed by atoms with Gasteiger partial charge in [0.25, 0.3) is 5.56 Å². The minimum atomic E-state index is -0.281. The molecule has 3 heterocycles. The van der Waals surface area contributed by atoms with Gasteiger partial charge in [0.1, 0.15) is 22.7 Å². The van der Waals surface area contributed by atoms with Crippen molar-refractivity contribution in [1.82, 2.24) is 14.6 Å². The minimum absolute atomic E-state index is 0.281. The van der Waals surface area contributed by atoms with Crippen molar-refractivity contribution in [3.05, 3.63) is 103 Å². The van der Waals surface area contributed by atoms with Crippen LogP contribution in [-0.2, 0) is 0 Å². The van der Waals surface area contributed by atoms with Gasteiger partial charge >= 0.3 is 0 Å². The lowest BCUT2D eigenvalue weighted by atomic mass is 10.2. The van der Waals surface area contributed by atoms with Crippen LogP contribution >= 0.6 is 34.5 Å². The van der Waals surface area contributed by atoms with Gasteiger partial charge in [-0.2, -0.15) is 9.50 Å². The molecule has 0 saturated carbocycles. The predicted molar refractivity (Wildman–Crippen MR) is 148 cm³/mol. The molecular weight excluding hydrogens is 533 g/mol. The molecule has 0 fully saturated rings. The molecule has 2 aromatic carbocycles. The first-order valence-electron chi connectivity index (χ1n) is 11.0. The second-order valence-electron chi connectivity index (χ2n) is 7.75. The van der Waals surface area contributed by atoms with Crippen molar-refractivity contribution < 1.29 is 13.9 Å². The monoisotopic (exact) mass is 551 g/mol. The van der Waals surface area contributed by atoms with Gasteiger partial charge in [0.15, 0.2) is 17.3 Å². The van der Waals surface area contributed by atoms with Crippen LogP contribution in [0.3, 0.4) is 0 Å². The first kappa shape index (κ1) is 24.8. The molecule has 0 aliphatic carbocycles. The normalized spacial score (nSPS) is 12.0. The topological polar surface area (TPSA) is 78.9 Å². The zero-order valence-electron chi connectivity index (χ0n) is 19.5. The molecule has 0 aliphatic rings. The molecule has 186 valence electrons. The minimum Gasteiger partial charge on any atom is -0.493 e. The number of aromatic nitrogens is 3. The van der Waals surface area contributed by atoms with Crippen LogP contribution in [0.1, 0.15) is 17.1 Å². The van der Waals surface area contributed by atoms with E-state index in [4.69, 9.17) is 37.1 Å². The average molecular weight is 552 g/mol. The lowest BCUT2D eigenvalue weighted by Crippen LogP contribution is -2.23. The van der Waals surface area contributed by atoms with E-state index in [2.05, 4.69) is 16.7 Å². The molecule has 37 heavy (non-hydrogen) atoms. The van der Waals surface area contributed by atoms with E-state index in [9.17, 15) is 4.79 Å². The molecule has 7 nitrogen and oxygen atoms in total. The molecule has 0 amide bonds. The van der Waals surface area contributed by atoms with Gasteiger partial charge in [-0.05, 0) is 54.1 Å². The van der Waals surface area contributed by atoms with E-state index in [0.717, 1.165) is 5.56 Å². The third-order valence-corrected chi connectivity index (χ3v) is 6.79. The van der Waals surface area contributed by atoms with E-state index >= 15 is 0 Å². The molecule has 0 saturated heterocycles. The number of methoxy groups -OCH3 is 1. The van der Waals surface area contributed by atoms with Gasteiger partial charge in [0, 0.05) is 16.7 Å². The highest BCUT2D eigenvalue weighted by Crippen LogP contribution is 2.32. The van der Waals surface area contributed by atoms with Crippen LogP contribution in [-0.4, -0.2) is 28.3 Å². The van der Waals surface area contributed by atoms with Crippen LogP contribution < -0.4 is 19.6 Å². The summed E-state index contributed by atoms with van der Waals surface area (Å²) in [6.07, 6.45) is 6.89. The van der Waals surface area contributed by atoms with Gasteiger partial charge in [0.2, 0.25) is 4.96 Å². The third-order valence-electron chi connectivity index (χ3n) is 5.26. The standard InChI is InChI=1S/C27H19Cl2N3O4S/c1-3-12-35-22-9-4-16(13-23(22)34-2)5-11-25-30-27-32(31-25)26(33)24(37-27)15-18-7-10-21(36-18)19-14-17(28)6-8-20(19)29/h3-11,13-15H,1,12H2,2H3/b11-5+,24-15-. The summed E-state index contributed by atoms with van der Waals surface area (Å²) < 4.78 is 18.6. The van der Waals surface area contributed by atoms with E-state index in [1.165, 1.54) is 15.9 Å². The lowest BCUT2D eigenvalue weighted by molar-refractivity contribution is 0.326. The maximum atomic E-state index is 12.9. The van der Waals surface area contributed by atoms with Crippen molar-refractivity contribution in [3.63, 3.8) is 0 Å². The molecule has 0 N–H and O–H groups in total. The van der Waals surface area contributed by atoms with Gasteiger partial charge in [-0.1, -0.05) is 59.3 Å². The Bertz CT molecular complexity index is 1750. The molecule has 0 unspecified atom stereocenters. The van der Waals surface area contributed by atoms with Gasteiger partial charge in [-0.3, -0.25) is 4.79 Å². The van der Waals surface area contributed by atoms with Crippen LogP contribution in [0.5, 0.6) is 11.5 Å². The number of benzene rings is 2. The summed E-state index contributed by atoms with van der Waals surface area (Å²) in [6, 6.07) is 14.2. The Kier molecular flexibility index (Phi) is 7.14. The van der Waals surface area contributed by atoms with E-state index in [1.807, 2.05) is 24.3 Å². The zero-order valence-corrected chi connectivity index (χ0v) is 21.8. The maximum absolute atomic E-state index is 12.9. The molecule has 5 aromatic rings. The average Bonchev–Trinajstić information content (AvgIpc) is 3.60. The predicted octanol–water partition coefficient (Wildman–Crippen LogP) is 6.01. The second kappa shape index (κ2) is 10.6. The van der Waals surface area contributed by atoms with E-state index in [0.29, 0.717) is 60.6 Å². The molecule has 0 spiro atoms. The fourth-order valence-electron chi connectivity index (χ4n) is 3.54. The number of halogens is 2. The number of hydrogen-bond acceptors (Lipinski definition) is 7. The summed E-state index contributed by atoms with van der Waals surface area (Å²) in [5.41, 5.74) is 1.26. The summed E-state index contributed by atoms with van der Waals surface area (Å²) >= 11 is 13.6. The Morgan fingerprint density at radius 1 is 1.11 bits per heavy atom. The number of fused-ring (bicyclic) bond motifs is 1. The lowest BCUT2D eigenvalue weighted by Gasteiger charge is -2.09. The van der Waals surface area contributed by atoms with Crippen molar-refractivity contribution in [2.24, 2.45) is 0 Å². The Morgan fingerprint density at radius 3 is 2.76 bits per heavy atom. The summed E-state index contributed by atoms with van der Waals surface area (Å²) in [7, 11) is 1.58. The van der Waals surface area contributed by atoms with Crippen molar-refractivity contribution in [2.75, 3.05) is 13.7 Å². The molecule has 3 aromatic heterocycles. The number of furan rings is 1. The van der Waals surface area contributed by atoms with Gasteiger partial charge < -0.3 is 13.9 Å². The van der Waals surface area contributed by atoms with Crippen molar-refractivity contribution in [1.29, 1.82) is 0 Å². The quantitative estimate of drug-likeness (QED) is 0.220. The summed E-state index contributed by atoms with van der Waals surface area (Å²) in [5.74, 6) is 2.69. The first-order valence-corrected chi connectivity index (χ1v) is 12.6. The second-order valence-corrected chi connectivity index (χ2v) is 9.60. The highest BCUT2D eigenvalue weighted by Gasteiger charge is 2.12. The highest BCUT2D eigenvalue weighted by atomic mass is 35.5. The molecule has 0 radical (unpaired) electrons. The van der Waals surface area contributed by atoms with E-state index in [1.54, 1.807) is 55.7 Å². The summed E-state index contributed by atoms with van der Waals surface area (Å²) in [5, 5.41) is 5.40. The number of hydrogen-bond donors (Lipinski definition) is 0. The van der Waals surface area contributed by atoms with Crippen LogP contribution in [0.25, 0.3) is 34.5 Å². The smallest absolute Gasteiger partial charge is 0.291 e. The Balaban J connectivity index is 1.38. The fraction of sp³-hybridized carbons (Fsp3) is 0.0741.